The zero-order chi connectivity index (χ0) is 6.69. The van der Waals surface area contributed by atoms with Crippen LogP contribution in [-0.2, 0) is 0 Å². The molecule has 2 nitrogen and oxygen atoms in total. The molecule has 0 aromatic carbocycles. The molecule has 2 heteroatoms. The van der Waals surface area contributed by atoms with E-state index in [9.17, 15) is 5.11 Å². The maximum Gasteiger partial charge on any atom is 0.101 e. The molecule has 0 amide bonds. The van der Waals surface area contributed by atoms with Crippen LogP contribution in [0.5, 0.6) is 0 Å². The third-order valence-corrected chi connectivity index (χ3v) is 1.84. The van der Waals surface area contributed by atoms with Crippen LogP contribution in [0.25, 0.3) is 0 Å². The SMILES string of the molecule is [CH2-][NH+]1CCCCC(O)C1. The van der Waals surface area contributed by atoms with Crippen molar-refractivity contribution in [3.8, 4) is 0 Å². The minimum absolute atomic E-state index is 0.0972. The zero-order valence-electron chi connectivity index (χ0n) is 5.77. The lowest BCUT2D eigenvalue weighted by Crippen LogP contribution is -3.07. The highest BCUT2D eigenvalue weighted by atomic mass is 16.3. The third kappa shape index (κ3) is 2.33. The number of rotatable bonds is 0. The molecule has 0 aliphatic carbocycles. The average molecular weight is 129 g/mol. The molecule has 54 valence electrons. The van der Waals surface area contributed by atoms with Crippen molar-refractivity contribution in [2.24, 2.45) is 0 Å². The molecular formula is C7H15NO. The highest BCUT2D eigenvalue weighted by Crippen LogP contribution is 2.00. The maximum atomic E-state index is 9.20. The highest BCUT2D eigenvalue weighted by molar-refractivity contribution is 4.56. The van der Waals surface area contributed by atoms with E-state index in [1.165, 1.54) is 17.7 Å². The molecule has 0 saturated carbocycles. The van der Waals surface area contributed by atoms with Gasteiger partial charge in [-0.05, 0) is 19.3 Å². The number of aliphatic hydroxyl groups excluding tert-OH is 1. The topological polar surface area (TPSA) is 24.7 Å². The lowest BCUT2D eigenvalue weighted by atomic mass is 10.2. The van der Waals surface area contributed by atoms with Crippen LogP contribution in [-0.4, -0.2) is 24.3 Å². The first-order chi connectivity index (χ1) is 4.29. The normalized spacial score (nSPS) is 38.0. The fourth-order valence-electron chi connectivity index (χ4n) is 1.29. The molecule has 1 fully saturated rings. The van der Waals surface area contributed by atoms with Gasteiger partial charge in [-0.3, -0.25) is 0 Å². The van der Waals surface area contributed by atoms with Gasteiger partial charge in [-0.25, -0.2) is 0 Å². The second-order valence-electron chi connectivity index (χ2n) is 2.85. The van der Waals surface area contributed by atoms with E-state index in [-0.39, 0.29) is 6.10 Å². The zero-order valence-corrected chi connectivity index (χ0v) is 5.77. The Bertz CT molecular complexity index is 75.0. The number of hydrogen-bond acceptors (Lipinski definition) is 1. The van der Waals surface area contributed by atoms with Gasteiger partial charge in [0, 0.05) is 0 Å². The Hall–Kier alpha value is -0.0800. The molecule has 2 atom stereocenters. The van der Waals surface area contributed by atoms with Gasteiger partial charge in [-0.1, -0.05) is 0 Å². The van der Waals surface area contributed by atoms with E-state index in [1.54, 1.807) is 0 Å². The van der Waals surface area contributed by atoms with Gasteiger partial charge in [0.15, 0.2) is 0 Å². The second-order valence-corrected chi connectivity index (χ2v) is 2.85. The molecule has 1 heterocycles. The molecule has 0 aromatic rings. The summed E-state index contributed by atoms with van der Waals surface area (Å²) in [5.74, 6) is 0. The summed E-state index contributed by atoms with van der Waals surface area (Å²) in [5, 5.41) is 9.20. The van der Waals surface area contributed by atoms with Crippen LogP contribution in [0.1, 0.15) is 19.3 Å². The first-order valence-corrected chi connectivity index (χ1v) is 3.64. The van der Waals surface area contributed by atoms with E-state index in [0.717, 1.165) is 19.5 Å². The van der Waals surface area contributed by atoms with Gasteiger partial charge >= 0.3 is 0 Å². The van der Waals surface area contributed by atoms with Crippen molar-refractivity contribution in [3.05, 3.63) is 7.05 Å². The molecule has 1 aliphatic heterocycles. The van der Waals surface area contributed by atoms with Crippen molar-refractivity contribution in [1.29, 1.82) is 0 Å². The summed E-state index contributed by atoms with van der Waals surface area (Å²) < 4.78 is 0. The Morgan fingerprint density at radius 2 is 2.22 bits per heavy atom. The van der Waals surface area contributed by atoms with Crippen molar-refractivity contribution in [3.63, 3.8) is 0 Å². The van der Waals surface area contributed by atoms with Gasteiger partial charge in [-0.15, -0.1) is 0 Å². The molecule has 1 rings (SSSR count). The average Bonchev–Trinajstić information content (AvgIpc) is 1.93. The Kier molecular flexibility index (Phi) is 2.49. The van der Waals surface area contributed by atoms with Crippen LogP contribution in [0.4, 0.5) is 0 Å². The number of nitrogens with one attached hydrogen (secondary N) is 1. The summed E-state index contributed by atoms with van der Waals surface area (Å²) >= 11 is 0. The number of quaternary nitrogens is 1. The fourth-order valence-corrected chi connectivity index (χ4v) is 1.29. The minimum atomic E-state index is -0.0972. The lowest BCUT2D eigenvalue weighted by Gasteiger charge is -2.19. The first-order valence-electron chi connectivity index (χ1n) is 3.64. The predicted molar refractivity (Wildman–Crippen MR) is 35.9 cm³/mol. The second kappa shape index (κ2) is 3.18. The summed E-state index contributed by atoms with van der Waals surface area (Å²) in [6.45, 7) is 1.96. The summed E-state index contributed by atoms with van der Waals surface area (Å²) in [4.78, 5) is 1.22. The fraction of sp³-hybridized carbons (Fsp3) is 0.857. The van der Waals surface area contributed by atoms with E-state index < -0.39 is 0 Å². The maximum absolute atomic E-state index is 9.20. The molecule has 0 aromatic heterocycles. The number of aliphatic hydroxyl groups is 1. The Morgan fingerprint density at radius 1 is 1.44 bits per heavy atom. The molecule has 0 bridgehead atoms. The van der Waals surface area contributed by atoms with Crippen LogP contribution < -0.4 is 4.90 Å². The summed E-state index contributed by atoms with van der Waals surface area (Å²) in [6.07, 6.45) is 3.26. The smallest absolute Gasteiger partial charge is 0.101 e. The molecule has 1 aliphatic rings. The van der Waals surface area contributed by atoms with Gasteiger partial charge in [0.1, 0.15) is 6.10 Å². The lowest BCUT2D eigenvalue weighted by molar-refractivity contribution is -0.855. The number of hydrogen-bond donors (Lipinski definition) is 2. The monoisotopic (exact) mass is 129 g/mol. The van der Waals surface area contributed by atoms with Gasteiger partial charge in [0.05, 0.1) is 13.1 Å². The largest absolute Gasteiger partial charge is 0.466 e. The molecule has 0 radical (unpaired) electrons. The molecule has 2 N–H and O–H groups in total. The van der Waals surface area contributed by atoms with E-state index in [2.05, 4.69) is 7.05 Å². The van der Waals surface area contributed by atoms with Crippen LogP contribution in [0.15, 0.2) is 0 Å². The van der Waals surface area contributed by atoms with Crippen molar-refractivity contribution in [1.82, 2.24) is 0 Å². The van der Waals surface area contributed by atoms with Crippen LogP contribution >= 0.6 is 0 Å². The predicted octanol–water partition coefficient (Wildman–Crippen LogP) is -0.792. The molecule has 2 unspecified atom stereocenters. The number of likely N-dealkylation sites (tertiary alicyclic amines) is 1. The van der Waals surface area contributed by atoms with Crippen LogP contribution in [0.3, 0.4) is 0 Å². The van der Waals surface area contributed by atoms with Crippen molar-refractivity contribution in [2.45, 2.75) is 25.4 Å². The Balaban J connectivity index is 2.29. The summed E-state index contributed by atoms with van der Waals surface area (Å²) in [5.41, 5.74) is 0. The van der Waals surface area contributed by atoms with Crippen molar-refractivity contribution in [2.75, 3.05) is 13.1 Å². The van der Waals surface area contributed by atoms with E-state index >= 15 is 0 Å². The molecule has 1 saturated heterocycles. The quantitative estimate of drug-likeness (QED) is 0.412. The van der Waals surface area contributed by atoms with E-state index in [1.807, 2.05) is 0 Å². The first kappa shape index (κ1) is 7.03. The Morgan fingerprint density at radius 3 is 3.00 bits per heavy atom. The molecule has 0 spiro atoms. The van der Waals surface area contributed by atoms with Gasteiger partial charge in [-0.2, -0.15) is 7.05 Å². The van der Waals surface area contributed by atoms with Crippen LogP contribution in [0.2, 0.25) is 0 Å². The van der Waals surface area contributed by atoms with Crippen LogP contribution in [0, 0.1) is 7.05 Å². The van der Waals surface area contributed by atoms with Gasteiger partial charge in [0.25, 0.3) is 0 Å². The van der Waals surface area contributed by atoms with Gasteiger partial charge in [0.2, 0.25) is 0 Å². The van der Waals surface area contributed by atoms with Crippen molar-refractivity contribution >= 4 is 0 Å². The van der Waals surface area contributed by atoms with Crippen molar-refractivity contribution < 1.29 is 10.0 Å². The van der Waals surface area contributed by atoms with E-state index in [4.69, 9.17) is 0 Å². The van der Waals surface area contributed by atoms with E-state index in [0.29, 0.717) is 0 Å². The highest BCUT2D eigenvalue weighted by Gasteiger charge is 2.11. The standard InChI is InChI=1S/C7H15NO/c1-8-5-3-2-4-7(9)6-8/h7-9H,1-6H2. The summed E-state index contributed by atoms with van der Waals surface area (Å²) in [7, 11) is 3.86. The molecule has 9 heavy (non-hydrogen) atoms. The Labute approximate surface area is 56.5 Å². The minimum Gasteiger partial charge on any atom is -0.466 e. The van der Waals surface area contributed by atoms with Gasteiger partial charge < -0.3 is 10.0 Å². The molecular weight excluding hydrogens is 114 g/mol. The third-order valence-electron chi connectivity index (χ3n) is 1.84. The summed E-state index contributed by atoms with van der Waals surface area (Å²) in [6, 6.07) is 0.